The summed E-state index contributed by atoms with van der Waals surface area (Å²) in [5.41, 5.74) is 0. The van der Waals surface area contributed by atoms with Crippen LogP contribution < -0.4 is 0 Å². The minimum atomic E-state index is -0.485. The molecule has 0 aromatic rings. The van der Waals surface area contributed by atoms with Crippen LogP contribution in [-0.4, -0.2) is 64.8 Å². The number of hydrogen-bond donors (Lipinski definition) is 0. The molecule has 2 unspecified atom stereocenters. The van der Waals surface area contributed by atoms with Gasteiger partial charge in [0, 0.05) is 39.3 Å². The molecule has 0 aromatic carbocycles. The van der Waals surface area contributed by atoms with Crippen LogP contribution in [-0.2, 0) is 33.2 Å². The van der Waals surface area contributed by atoms with Gasteiger partial charge in [0.25, 0.3) is 0 Å². The first-order valence-corrected chi connectivity index (χ1v) is 23.8. The second-order valence-corrected chi connectivity index (χ2v) is 15.3. The van der Waals surface area contributed by atoms with E-state index in [4.69, 9.17) is 33.2 Å². The van der Waals surface area contributed by atoms with Crippen molar-refractivity contribution in [3.8, 4) is 0 Å². The Kier molecular flexibility index (Phi) is 45.2. The summed E-state index contributed by atoms with van der Waals surface area (Å²) in [7, 11) is 0. The topological polar surface area (TPSA) is 64.6 Å². The molecule has 0 fully saturated rings. The van der Waals surface area contributed by atoms with Gasteiger partial charge in [-0.05, 0) is 63.5 Å². The molecule has 0 bridgehead atoms. The zero-order valence-electron chi connectivity index (χ0n) is 37.5. The minimum absolute atomic E-state index is 0.174. The highest BCUT2D eigenvalue weighted by Gasteiger charge is 2.15. The lowest BCUT2D eigenvalue weighted by atomic mass is 10.1. The highest BCUT2D eigenvalue weighted by molar-refractivity contribution is 4.90. The molecule has 328 valence electrons. The lowest BCUT2D eigenvalue weighted by molar-refractivity contribution is -0.208. The predicted molar refractivity (Wildman–Crippen MR) is 234 cm³/mol. The normalized spacial score (nSPS) is 13.4. The largest absolute Gasteiger partial charge is 0.353 e. The molecule has 7 nitrogen and oxygen atoms in total. The van der Waals surface area contributed by atoms with Gasteiger partial charge in [-0.25, -0.2) is 0 Å². The summed E-state index contributed by atoms with van der Waals surface area (Å²) in [6.45, 7) is 17.6. The maximum atomic E-state index is 6.58. The fourth-order valence-electron chi connectivity index (χ4n) is 6.03. The van der Waals surface area contributed by atoms with Crippen LogP contribution >= 0.6 is 0 Å². The van der Waals surface area contributed by atoms with Gasteiger partial charge in [-0.1, -0.05) is 169 Å². The van der Waals surface area contributed by atoms with Crippen LogP contribution in [0.25, 0.3) is 0 Å². The quantitative estimate of drug-likeness (QED) is 0.0346. The fraction of sp³-hybridized carbons (Fsp3) is 0.917. The Morgan fingerprint density at radius 1 is 0.309 bits per heavy atom. The van der Waals surface area contributed by atoms with E-state index in [2.05, 4.69) is 65.8 Å². The van der Waals surface area contributed by atoms with Gasteiger partial charge in [-0.15, -0.1) is 0 Å². The van der Waals surface area contributed by atoms with Crippen LogP contribution in [0.15, 0.2) is 24.3 Å². The molecule has 0 rings (SSSR count). The molecule has 0 amide bonds. The van der Waals surface area contributed by atoms with Crippen LogP contribution in [0.5, 0.6) is 0 Å². The molecule has 55 heavy (non-hydrogen) atoms. The first-order chi connectivity index (χ1) is 27.1. The number of hydrogen-bond acceptors (Lipinski definition) is 7. The first kappa shape index (κ1) is 54.2. The first-order valence-electron chi connectivity index (χ1n) is 23.8. The monoisotopic (exact) mass is 783 g/mol. The molecule has 0 N–H and O–H groups in total. The maximum Gasteiger partial charge on any atom is 0.180 e. The van der Waals surface area contributed by atoms with Gasteiger partial charge in [-0.2, -0.15) is 0 Å². The zero-order chi connectivity index (χ0) is 40.1. The Bertz CT molecular complexity index is 693. The lowest BCUT2D eigenvalue weighted by Crippen LogP contribution is -2.25. The summed E-state index contributed by atoms with van der Waals surface area (Å²) >= 11 is 0. The molecule has 0 saturated carbocycles. The van der Waals surface area contributed by atoms with E-state index in [0.717, 1.165) is 116 Å². The third-order valence-electron chi connectivity index (χ3n) is 9.76. The van der Waals surface area contributed by atoms with E-state index in [-0.39, 0.29) is 12.6 Å². The van der Waals surface area contributed by atoms with Gasteiger partial charge in [0.1, 0.15) is 0 Å². The Balaban J connectivity index is 5.55. The lowest BCUT2D eigenvalue weighted by Gasteiger charge is -2.22. The molecular weight excluding hydrogens is 689 g/mol. The Morgan fingerprint density at radius 3 is 0.891 bits per heavy atom. The average molecular weight is 783 g/mol. The summed E-state index contributed by atoms with van der Waals surface area (Å²) in [5, 5.41) is 0. The van der Waals surface area contributed by atoms with Gasteiger partial charge in [0.15, 0.2) is 25.2 Å². The van der Waals surface area contributed by atoms with Crippen molar-refractivity contribution in [1.29, 1.82) is 0 Å². The van der Waals surface area contributed by atoms with Crippen molar-refractivity contribution in [2.24, 2.45) is 0 Å². The molecule has 0 saturated heterocycles. The molecule has 0 heterocycles. The molecule has 0 aliphatic carbocycles. The van der Waals surface area contributed by atoms with E-state index in [1.54, 1.807) is 0 Å². The van der Waals surface area contributed by atoms with Crippen LogP contribution in [0.3, 0.4) is 0 Å². The second-order valence-electron chi connectivity index (χ2n) is 15.3. The summed E-state index contributed by atoms with van der Waals surface area (Å²) < 4.78 is 43.8. The fourth-order valence-corrected chi connectivity index (χ4v) is 6.03. The minimum Gasteiger partial charge on any atom is -0.353 e. The Labute approximate surface area is 342 Å². The van der Waals surface area contributed by atoms with Crippen molar-refractivity contribution in [2.45, 2.75) is 246 Å². The van der Waals surface area contributed by atoms with Crippen molar-refractivity contribution >= 4 is 0 Å². The van der Waals surface area contributed by atoms with E-state index < -0.39 is 12.6 Å². The van der Waals surface area contributed by atoms with E-state index in [1.807, 2.05) is 0 Å². The number of allylic oxidation sites excluding steroid dienone is 2. The third-order valence-corrected chi connectivity index (χ3v) is 9.76. The molecule has 7 heteroatoms. The number of unbranched alkanes of at least 4 members (excludes halogenated alkanes) is 18. The maximum absolute atomic E-state index is 6.58. The van der Waals surface area contributed by atoms with Crippen molar-refractivity contribution in [1.82, 2.24) is 0 Å². The molecule has 0 radical (unpaired) electrons. The van der Waals surface area contributed by atoms with E-state index in [9.17, 15) is 0 Å². The van der Waals surface area contributed by atoms with Crippen LogP contribution in [0.2, 0.25) is 0 Å². The molecule has 0 aliphatic rings. The van der Waals surface area contributed by atoms with Crippen molar-refractivity contribution in [2.75, 3.05) is 39.6 Å². The highest BCUT2D eigenvalue weighted by Crippen LogP contribution is 2.16. The van der Waals surface area contributed by atoms with E-state index in [0.29, 0.717) is 13.2 Å². The smallest absolute Gasteiger partial charge is 0.180 e. The van der Waals surface area contributed by atoms with Crippen LogP contribution in [0.1, 0.15) is 221 Å². The standard InChI is InChI=1S/C48H94O7/c1-7-13-19-21-23-25-27-33-43-53-47(37-31-29-35-45(49-39-15-9-3)50-40-16-10-4)55-48(54-44-34-28-26-24-22-20-14-8-2)38-32-30-36-46(51-41-17-11-5)52-42-18-12-6/h31-32,37-38,45-48H,7-30,33-36,39-44H2,1-6H3. The van der Waals surface area contributed by atoms with Gasteiger partial charge in [-0.3, -0.25) is 0 Å². The van der Waals surface area contributed by atoms with Gasteiger partial charge in [0.2, 0.25) is 0 Å². The van der Waals surface area contributed by atoms with E-state index in [1.165, 1.54) is 89.9 Å². The zero-order valence-corrected chi connectivity index (χ0v) is 37.5. The van der Waals surface area contributed by atoms with E-state index >= 15 is 0 Å². The van der Waals surface area contributed by atoms with Gasteiger partial charge in [0.05, 0.1) is 13.2 Å². The molecular formula is C48H94O7. The summed E-state index contributed by atoms with van der Waals surface area (Å²) in [6.07, 6.45) is 39.4. The van der Waals surface area contributed by atoms with Gasteiger partial charge >= 0.3 is 0 Å². The number of rotatable bonds is 46. The molecule has 2 atom stereocenters. The van der Waals surface area contributed by atoms with Crippen molar-refractivity contribution in [3.63, 3.8) is 0 Å². The van der Waals surface area contributed by atoms with Gasteiger partial charge < -0.3 is 33.2 Å². The second kappa shape index (κ2) is 45.9. The van der Waals surface area contributed by atoms with Crippen LogP contribution in [0.4, 0.5) is 0 Å². The molecule has 0 spiro atoms. The Hall–Kier alpha value is -0.800. The number of ether oxygens (including phenoxy) is 7. The summed E-state index contributed by atoms with van der Waals surface area (Å²) in [4.78, 5) is 0. The average Bonchev–Trinajstić information content (AvgIpc) is 3.19. The van der Waals surface area contributed by atoms with Crippen molar-refractivity contribution in [3.05, 3.63) is 24.3 Å². The SMILES string of the molecule is CCCCCCCCCCOC(C=CCCC(OCCCC)OCCCC)OC(C=CCCC(OCCCC)OCCCC)OCCCCCCCCCC. The van der Waals surface area contributed by atoms with Crippen LogP contribution in [0, 0.1) is 0 Å². The predicted octanol–water partition coefficient (Wildman–Crippen LogP) is 14.6. The Morgan fingerprint density at radius 2 is 0.582 bits per heavy atom. The summed E-state index contributed by atoms with van der Waals surface area (Å²) in [5.74, 6) is 0. The molecule has 0 aliphatic heterocycles. The molecule has 0 aromatic heterocycles. The van der Waals surface area contributed by atoms with Crippen molar-refractivity contribution < 1.29 is 33.2 Å². The third kappa shape index (κ3) is 39.8. The highest BCUT2D eigenvalue weighted by atomic mass is 16.8. The summed E-state index contributed by atoms with van der Waals surface area (Å²) in [6, 6.07) is 0.